The molecular formula is C39H58O6. The van der Waals surface area contributed by atoms with Crippen molar-refractivity contribution in [1.82, 2.24) is 0 Å². The van der Waals surface area contributed by atoms with Crippen LogP contribution in [0.25, 0.3) is 0 Å². The fraction of sp³-hybridized carbons (Fsp3) is 0.795. The Kier molecular flexibility index (Phi) is 7.92. The summed E-state index contributed by atoms with van der Waals surface area (Å²) in [6, 6.07) is 6.83. The second-order valence-corrected chi connectivity index (χ2v) is 17.8. The van der Waals surface area contributed by atoms with Gasteiger partial charge >= 0.3 is 11.9 Å². The average Bonchev–Trinajstić information content (AvgIpc) is 3.32. The Balaban J connectivity index is 1.25. The lowest BCUT2D eigenvalue weighted by Gasteiger charge is -2.70. The van der Waals surface area contributed by atoms with Gasteiger partial charge in [0.25, 0.3) is 0 Å². The Morgan fingerprint density at radius 2 is 1.53 bits per heavy atom. The maximum absolute atomic E-state index is 13.5. The minimum absolute atomic E-state index is 0.0370. The molecule has 4 aliphatic carbocycles. The first-order valence-electron chi connectivity index (χ1n) is 17.7. The number of hydrogen-bond donors (Lipinski definition) is 1. The summed E-state index contributed by atoms with van der Waals surface area (Å²) in [5.74, 6) is 0.738. The highest BCUT2D eigenvalue weighted by atomic mass is 16.6. The Labute approximate surface area is 271 Å². The van der Waals surface area contributed by atoms with Gasteiger partial charge in [-0.15, -0.1) is 0 Å². The first-order valence-corrected chi connectivity index (χ1v) is 17.7. The maximum atomic E-state index is 13.5. The number of carbonyl (C=O) groups is 2. The first kappa shape index (κ1) is 33.0. The van der Waals surface area contributed by atoms with Gasteiger partial charge in [-0.2, -0.15) is 0 Å². The van der Waals surface area contributed by atoms with E-state index in [2.05, 4.69) is 55.4 Å². The van der Waals surface area contributed by atoms with E-state index in [4.69, 9.17) is 14.2 Å². The normalized spacial score (nSPS) is 45.0. The van der Waals surface area contributed by atoms with Gasteiger partial charge in [-0.05, 0) is 137 Å². The highest BCUT2D eigenvalue weighted by molar-refractivity contribution is 5.93. The first-order chi connectivity index (χ1) is 20.9. The van der Waals surface area contributed by atoms with Crippen molar-refractivity contribution >= 4 is 11.9 Å². The molecule has 0 amide bonds. The number of rotatable bonds is 4. The molecule has 0 aromatic heterocycles. The number of benzene rings is 1. The van der Waals surface area contributed by atoms with E-state index >= 15 is 0 Å². The second kappa shape index (κ2) is 10.8. The summed E-state index contributed by atoms with van der Waals surface area (Å²) in [7, 11) is 0. The van der Waals surface area contributed by atoms with Crippen molar-refractivity contribution < 1.29 is 28.9 Å². The van der Waals surface area contributed by atoms with E-state index in [0.717, 1.165) is 57.8 Å². The van der Waals surface area contributed by atoms with Crippen LogP contribution in [0, 0.1) is 45.3 Å². The third-order valence-corrected chi connectivity index (χ3v) is 14.7. The lowest BCUT2D eigenvalue weighted by atomic mass is 9.35. The van der Waals surface area contributed by atoms with Gasteiger partial charge in [-0.1, -0.05) is 46.8 Å². The van der Waals surface area contributed by atoms with Gasteiger partial charge in [0.1, 0.15) is 17.4 Å². The van der Waals surface area contributed by atoms with Gasteiger partial charge in [0.2, 0.25) is 0 Å². The quantitative estimate of drug-likeness (QED) is 0.268. The van der Waals surface area contributed by atoms with Crippen LogP contribution in [0.3, 0.4) is 0 Å². The number of carbonyl (C=O) groups excluding carboxylic acids is 2. The predicted molar refractivity (Wildman–Crippen MR) is 175 cm³/mol. The standard InChI is InChI=1S/C39H58O6/c1-24(40)43-28-14-11-10-13-25(28)33(42)44-31-17-20-36(6)29(35(31,4)5)16-22-37(7)30(36)23-27(41)32-26(15-21-38(32,37)8)39(9)19-12-18-34(2,3)45-39/h10-11,13-14,26-27,29-32,41H,12,15-23H2,1-9H3/t26?,27-,29?,30?,31+,32?,36+,37-,38-,39-/m1/s1. The van der Waals surface area contributed by atoms with Crippen molar-refractivity contribution in [2.45, 2.75) is 150 Å². The summed E-state index contributed by atoms with van der Waals surface area (Å²) in [5.41, 5.74) is -0.0356. The molecular weight excluding hydrogens is 564 g/mol. The van der Waals surface area contributed by atoms with E-state index in [1.807, 2.05) is 0 Å². The Bertz CT molecular complexity index is 1330. The number of aliphatic hydroxyl groups is 1. The summed E-state index contributed by atoms with van der Waals surface area (Å²) in [6.07, 6.45) is 9.91. The maximum Gasteiger partial charge on any atom is 0.342 e. The monoisotopic (exact) mass is 622 g/mol. The van der Waals surface area contributed by atoms with Crippen molar-refractivity contribution in [3.8, 4) is 5.75 Å². The zero-order chi connectivity index (χ0) is 32.8. The third-order valence-electron chi connectivity index (χ3n) is 14.7. The molecule has 1 N–H and O–H groups in total. The molecule has 6 heteroatoms. The van der Waals surface area contributed by atoms with E-state index in [1.165, 1.54) is 13.3 Å². The number of esters is 2. The van der Waals surface area contributed by atoms with Crippen LogP contribution >= 0.6 is 0 Å². The van der Waals surface area contributed by atoms with Gasteiger partial charge < -0.3 is 19.3 Å². The second-order valence-electron chi connectivity index (χ2n) is 17.8. The van der Waals surface area contributed by atoms with E-state index in [0.29, 0.717) is 17.8 Å². The van der Waals surface area contributed by atoms with Crippen molar-refractivity contribution in [3.63, 3.8) is 0 Å². The molecule has 10 atom stereocenters. The van der Waals surface area contributed by atoms with Crippen LogP contribution in [0.4, 0.5) is 0 Å². The molecule has 6 nitrogen and oxygen atoms in total. The van der Waals surface area contributed by atoms with Crippen molar-refractivity contribution in [1.29, 1.82) is 0 Å². The highest BCUT2D eigenvalue weighted by Crippen LogP contribution is 2.76. The molecule has 1 aliphatic heterocycles. The van der Waals surface area contributed by atoms with Crippen LogP contribution in [0.15, 0.2) is 24.3 Å². The van der Waals surface area contributed by atoms with Gasteiger partial charge in [0, 0.05) is 12.3 Å². The molecule has 5 aliphatic rings. The molecule has 4 saturated carbocycles. The molecule has 5 fully saturated rings. The lowest BCUT2D eigenvalue weighted by molar-refractivity contribution is -0.257. The third kappa shape index (κ3) is 5.02. The fourth-order valence-corrected chi connectivity index (χ4v) is 12.6. The summed E-state index contributed by atoms with van der Waals surface area (Å²) in [4.78, 5) is 25.2. The molecule has 4 unspecified atom stereocenters. The number of hydrogen-bond acceptors (Lipinski definition) is 6. The summed E-state index contributed by atoms with van der Waals surface area (Å²) >= 11 is 0. The van der Waals surface area contributed by atoms with E-state index in [-0.39, 0.29) is 62.3 Å². The number of fused-ring (bicyclic) bond motifs is 5. The Morgan fingerprint density at radius 1 is 0.844 bits per heavy atom. The molecule has 0 radical (unpaired) electrons. The van der Waals surface area contributed by atoms with Gasteiger partial charge in [0.15, 0.2) is 0 Å². The fourth-order valence-electron chi connectivity index (χ4n) is 12.6. The average molecular weight is 623 g/mol. The van der Waals surface area contributed by atoms with Gasteiger partial charge in [-0.25, -0.2) is 4.79 Å². The van der Waals surface area contributed by atoms with Crippen LogP contribution in [-0.4, -0.2) is 40.5 Å². The Hall–Kier alpha value is -1.92. The highest BCUT2D eigenvalue weighted by Gasteiger charge is 2.72. The molecule has 1 heterocycles. The summed E-state index contributed by atoms with van der Waals surface area (Å²) in [5, 5.41) is 12.2. The summed E-state index contributed by atoms with van der Waals surface area (Å²) in [6.45, 7) is 20.3. The molecule has 0 bridgehead atoms. The molecule has 0 spiro atoms. The number of aliphatic hydroxyl groups excluding tert-OH is 1. The molecule has 45 heavy (non-hydrogen) atoms. The molecule has 250 valence electrons. The van der Waals surface area contributed by atoms with Gasteiger partial charge in [-0.3, -0.25) is 4.79 Å². The van der Waals surface area contributed by atoms with Crippen LogP contribution in [0.5, 0.6) is 5.75 Å². The smallest absolute Gasteiger partial charge is 0.342 e. The molecule has 6 rings (SSSR count). The summed E-state index contributed by atoms with van der Waals surface area (Å²) < 4.78 is 18.5. The minimum Gasteiger partial charge on any atom is -0.458 e. The molecule has 1 aromatic rings. The van der Waals surface area contributed by atoms with Crippen molar-refractivity contribution in [2.24, 2.45) is 45.3 Å². The Morgan fingerprint density at radius 3 is 2.22 bits per heavy atom. The van der Waals surface area contributed by atoms with E-state index < -0.39 is 11.9 Å². The molecule has 1 aromatic carbocycles. The topological polar surface area (TPSA) is 82.1 Å². The largest absolute Gasteiger partial charge is 0.458 e. The van der Waals surface area contributed by atoms with Crippen LogP contribution in [0.2, 0.25) is 0 Å². The van der Waals surface area contributed by atoms with E-state index in [1.54, 1.807) is 24.3 Å². The predicted octanol–water partition coefficient (Wildman–Crippen LogP) is 8.53. The van der Waals surface area contributed by atoms with Crippen LogP contribution in [0.1, 0.15) is 137 Å². The molecule has 1 saturated heterocycles. The SMILES string of the molecule is CC(=O)Oc1ccccc1C(=O)O[C@H]1CC[C@@]2(C)C(CC[C@]3(C)C2C[C@@H](O)C2C([C@@]4(C)CCCC(C)(C)O4)CC[C@]23C)C1(C)C. The minimum atomic E-state index is -0.460. The van der Waals surface area contributed by atoms with Gasteiger partial charge in [0.05, 0.1) is 17.3 Å². The van der Waals surface area contributed by atoms with E-state index in [9.17, 15) is 14.7 Å². The zero-order valence-corrected chi connectivity index (χ0v) is 29.3. The van der Waals surface area contributed by atoms with Crippen molar-refractivity contribution in [2.75, 3.05) is 0 Å². The zero-order valence-electron chi connectivity index (χ0n) is 29.3. The van der Waals surface area contributed by atoms with Crippen LogP contribution < -0.4 is 4.74 Å². The number of ether oxygens (including phenoxy) is 3. The number of para-hydroxylation sites is 1. The van der Waals surface area contributed by atoms with Crippen molar-refractivity contribution in [3.05, 3.63) is 29.8 Å². The lowest BCUT2D eigenvalue weighted by Crippen LogP contribution is -2.67. The van der Waals surface area contributed by atoms with Crippen LogP contribution in [-0.2, 0) is 14.3 Å².